The molecular formula is C25H25N5O3. The number of para-hydroxylation sites is 2. The first-order valence-corrected chi connectivity index (χ1v) is 10.6. The highest BCUT2D eigenvalue weighted by Gasteiger charge is 2.28. The van der Waals surface area contributed by atoms with Crippen LogP contribution < -0.4 is 10.5 Å². The summed E-state index contributed by atoms with van der Waals surface area (Å²) in [5, 5.41) is 0. The third-order valence-corrected chi connectivity index (χ3v) is 5.55. The van der Waals surface area contributed by atoms with Gasteiger partial charge in [-0.05, 0) is 42.8 Å². The molecule has 2 aromatic carbocycles. The van der Waals surface area contributed by atoms with E-state index >= 15 is 0 Å². The van der Waals surface area contributed by atoms with Crippen molar-refractivity contribution in [2.45, 2.75) is 13.3 Å². The molecule has 1 aliphatic rings. The van der Waals surface area contributed by atoms with E-state index in [0.29, 0.717) is 30.1 Å². The Bertz CT molecular complexity index is 1220. The Morgan fingerprint density at radius 2 is 2.00 bits per heavy atom. The summed E-state index contributed by atoms with van der Waals surface area (Å²) >= 11 is 0. The molecule has 0 radical (unpaired) electrons. The van der Waals surface area contributed by atoms with Crippen molar-refractivity contribution in [1.82, 2.24) is 14.9 Å². The van der Waals surface area contributed by atoms with Gasteiger partial charge in [0.2, 0.25) is 17.6 Å². The number of amides is 1. The highest BCUT2D eigenvalue weighted by Crippen LogP contribution is 2.26. The van der Waals surface area contributed by atoms with E-state index in [1.165, 1.54) is 12.3 Å². The number of ether oxygens (including phenoxy) is 1. The molecule has 8 heteroatoms. The van der Waals surface area contributed by atoms with Crippen molar-refractivity contribution in [3.05, 3.63) is 84.2 Å². The fraction of sp³-hybridized carbons (Fsp3) is 0.200. The van der Waals surface area contributed by atoms with Crippen LogP contribution in [0.4, 0.5) is 0 Å². The van der Waals surface area contributed by atoms with E-state index in [-0.39, 0.29) is 29.3 Å². The largest absolute Gasteiger partial charge is 0.437 e. The number of rotatable bonds is 7. The summed E-state index contributed by atoms with van der Waals surface area (Å²) in [4.78, 5) is 37.9. The Morgan fingerprint density at radius 1 is 1.24 bits per heavy atom. The average Bonchev–Trinajstić information content (AvgIpc) is 3.49. The molecule has 2 heterocycles. The maximum Gasteiger partial charge on any atom is 0.238 e. The summed E-state index contributed by atoms with van der Waals surface area (Å²) < 4.78 is 5.95. The Kier molecular flexibility index (Phi) is 6.35. The number of allylic oxidation sites excluding steroid dienone is 1. The van der Waals surface area contributed by atoms with E-state index in [4.69, 9.17) is 10.5 Å². The van der Waals surface area contributed by atoms with Gasteiger partial charge in [0.1, 0.15) is 5.75 Å². The lowest BCUT2D eigenvalue weighted by Crippen LogP contribution is -2.27. The lowest BCUT2D eigenvalue weighted by Gasteiger charge is -2.16. The number of nitrogens with zero attached hydrogens (tertiary/aromatic N) is 3. The minimum absolute atomic E-state index is 0.0204. The molecule has 1 aromatic heterocycles. The van der Waals surface area contributed by atoms with Crippen LogP contribution in [0.1, 0.15) is 29.5 Å². The van der Waals surface area contributed by atoms with Crippen LogP contribution >= 0.6 is 0 Å². The number of benzene rings is 2. The van der Waals surface area contributed by atoms with Crippen molar-refractivity contribution in [2.24, 2.45) is 16.6 Å². The van der Waals surface area contributed by atoms with Gasteiger partial charge in [0.05, 0.1) is 16.7 Å². The highest BCUT2D eigenvalue weighted by atomic mass is 16.5. The van der Waals surface area contributed by atoms with Gasteiger partial charge in [-0.2, -0.15) is 0 Å². The number of ketones is 1. The number of imidazole rings is 1. The number of nitrogens with one attached hydrogen (secondary N) is 1. The third kappa shape index (κ3) is 4.85. The Balaban J connectivity index is 1.52. The van der Waals surface area contributed by atoms with Gasteiger partial charge in [0, 0.05) is 37.7 Å². The molecule has 0 spiro atoms. The molecule has 1 atom stereocenters. The molecular weight excluding hydrogens is 418 g/mol. The van der Waals surface area contributed by atoms with Crippen LogP contribution in [0.25, 0.3) is 11.0 Å². The number of hydrogen-bond donors (Lipinski definition) is 2. The molecule has 3 aromatic rings. The first-order valence-electron chi connectivity index (χ1n) is 10.6. The Hall–Kier alpha value is -4.20. The average molecular weight is 444 g/mol. The normalized spacial score (nSPS) is 16.8. The molecule has 0 saturated carbocycles. The maximum absolute atomic E-state index is 12.8. The van der Waals surface area contributed by atoms with Gasteiger partial charge in [-0.3, -0.25) is 9.59 Å². The van der Waals surface area contributed by atoms with Crippen molar-refractivity contribution in [3.63, 3.8) is 0 Å². The molecule has 1 amide bonds. The molecule has 4 rings (SSSR count). The first-order chi connectivity index (χ1) is 16.0. The van der Waals surface area contributed by atoms with Crippen LogP contribution in [0.2, 0.25) is 0 Å². The van der Waals surface area contributed by atoms with E-state index in [1.54, 1.807) is 36.1 Å². The van der Waals surface area contributed by atoms with Crippen molar-refractivity contribution in [1.29, 1.82) is 0 Å². The van der Waals surface area contributed by atoms with Crippen LogP contribution in [0.5, 0.6) is 5.75 Å². The van der Waals surface area contributed by atoms with Gasteiger partial charge in [-0.25, -0.2) is 9.98 Å². The number of carbonyl (C=O) groups is 2. The zero-order chi connectivity index (χ0) is 23.4. The first kappa shape index (κ1) is 22.0. The zero-order valence-corrected chi connectivity index (χ0v) is 18.3. The van der Waals surface area contributed by atoms with Crippen molar-refractivity contribution >= 4 is 28.9 Å². The van der Waals surface area contributed by atoms with E-state index in [9.17, 15) is 9.59 Å². The molecule has 33 heavy (non-hydrogen) atoms. The maximum atomic E-state index is 12.8. The van der Waals surface area contributed by atoms with Crippen molar-refractivity contribution in [2.75, 3.05) is 13.1 Å². The standard InChI is InChI=1S/C25H25N5O3/c1-3-13-27-25(22(26)18-12-14-30(15-18)16(2)31)33-19-10-8-17(9-11-19)23(32)24-28-20-6-4-5-7-21(20)29-24/h3-11,13,18H,1,12,14-15,26H2,2H3,(H,28,29)/b25-22+,27-13-/t18-/m1/s1. The van der Waals surface area contributed by atoms with Gasteiger partial charge in [0.15, 0.2) is 5.82 Å². The van der Waals surface area contributed by atoms with Gasteiger partial charge < -0.3 is 20.4 Å². The lowest BCUT2D eigenvalue weighted by atomic mass is 10.1. The summed E-state index contributed by atoms with van der Waals surface area (Å²) in [5.41, 5.74) is 8.86. The third-order valence-electron chi connectivity index (χ3n) is 5.55. The highest BCUT2D eigenvalue weighted by molar-refractivity contribution is 6.08. The number of nitrogens with two attached hydrogens (primary N) is 1. The second-order valence-corrected chi connectivity index (χ2v) is 7.78. The summed E-state index contributed by atoms with van der Waals surface area (Å²) in [5.74, 6) is 0.778. The lowest BCUT2D eigenvalue weighted by molar-refractivity contribution is -0.127. The van der Waals surface area contributed by atoms with Crippen LogP contribution in [0.15, 0.2) is 77.8 Å². The molecule has 0 unspecified atom stereocenters. The molecule has 8 nitrogen and oxygen atoms in total. The number of fused-ring (bicyclic) bond motifs is 1. The minimum atomic E-state index is -0.215. The van der Waals surface area contributed by atoms with Crippen molar-refractivity contribution < 1.29 is 14.3 Å². The predicted octanol–water partition coefficient (Wildman–Crippen LogP) is 3.43. The molecule has 1 fully saturated rings. The molecule has 0 bridgehead atoms. The summed E-state index contributed by atoms with van der Waals surface area (Å²) in [7, 11) is 0. The van der Waals surface area contributed by atoms with Crippen molar-refractivity contribution in [3.8, 4) is 5.75 Å². The van der Waals surface area contributed by atoms with Crippen LogP contribution in [-0.4, -0.2) is 45.9 Å². The summed E-state index contributed by atoms with van der Waals surface area (Å²) in [6.07, 6.45) is 3.77. The van der Waals surface area contributed by atoms with Gasteiger partial charge in [-0.15, -0.1) is 0 Å². The Morgan fingerprint density at radius 3 is 2.67 bits per heavy atom. The van der Waals surface area contributed by atoms with E-state index < -0.39 is 0 Å². The molecule has 1 aliphatic heterocycles. The molecule has 3 N–H and O–H groups in total. The molecule has 168 valence electrons. The van der Waals surface area contributed by atoms with Gasteiger partial charge in [-0.1, -0.05) is 24.8 Å². The van der Waals surface area contributed by atoms with Gasteiger partial charge in [0.25, 0.3) is 0 Å². The second-order valence-electron chi connectivity index (χ2n) is 7.78. The summed E-state index contributed by atoms with van der Waals surface area (Å²) in [6.45, 7) is 6.37. The predicted molar refractivity (Wildman–Crippen MR) is 127 cm³/mol. The number of carbonyl (C=O) groups excluding carboxylic acids is 2. The van der Waals surface area contributed by atoms with E-state index in [2.05, 4.69) is 21.5 Å². The molecule has 0 aliphatic carbocycles. The Labute approximate surface area is 191 Å². The quantitative estimate of drug-likeness (QED) is 0.330. The zero-order valence-electron chi connectivity index (χ0n) is 18.3. The number of aliphatic imine (C=N–C) groups is 1. The number of aromatic nitrogens is 2. The number of H-pyrrole nitrogens is 1. The molecule has 1 saturated heterocycles. The van der Waals surface area contributed by atoms with Crippen LogP contribution in [-0.2, 0) is 4.79 Å². The fourth-order valence-electron chi connectivity index (χ4n) is 3.74. The SMILES string of the molecule is C=C/C=N\C(Oc1ccc(C(=O)c2nc3ccccc3[nH]2)cc1)=C(/N)[C@@H]1CCN(C(C)=O)C1. The van der Waals surface area contributed by atoms with Gasteiger partial charge >= 0.3 is 0 Å². The number of likely N-dealkylation sites (tertiary alicyclic amines) is 1. The minimum Gasteiger partial charge on any atom is -0.437 e. The van der Waals surface area contributed by atoms with E-state index in [1.807, 2.05) is 24.3 Å². The smallest absolute Gasteiger partial charge is 0.238 e. The fourth-order valence-corrected chi connectivity index (χ4v) is 3.74. The second kappa shape index (κ2) is 9.52. The monoisotopic (exact) mass is 443 g/mol. The number of hydrogen-bond acceptors (Lipinski definition) is 6. The van der Waals surface area contributed by atoms with E-state index in [0.717, 1.165) is 17.5 Å². The summed E-state index contributed by atoms with van der Waals surface area (Å²) in [6, 6.07) is 14.2. The van der Waals surface area contributed by atoms with Crippen LogP contribution in [0, 0.1) is 5.92 Å². The van der Waals surface area contributed by atoms with Crippen LogP contribution in [0.3, 0.4) is 0 Å². The number of aromatic amines is 1. The topological polar surface area (TPSA) is 114 Å².